The summed E-state index contributed by atoms with van der Waals surface area (Å²) in [6.07, 6.45) is 3.43. The lowest BCUT2D eigenvalue weighted by molar-refractivity contribution is 0.0696. The zero-order valence-electron chi connectivity index (χ0n) is 8.61. The van der Waals surface area contributed by atoms with Crippen molar-refractivity contribution in [2.24, 2.45) is 5.41 Å². The maximum Gasteiger partial charge on any atom is 0.338 e. The maximum absolute atomic E-state index is 10.5. The highest BCUT2D eigenvalue weighted by Gasteiger charge is 2.13. The summed E-state index contributed by atoms with van der Waals surface area (Å²) in [4.78, 5) is 18.5. The van der Waals surface area contributed by atoms with E-state index < -0.39 is 5.97 Å². The smallest absolute Gasteiger partial charge is 0.338 e. The highest BCUT2D eigenvalue weighted by molar-refractivity contribution is 5.86. The molecule has 0 atom stereocenters. The van der Waals surface area contributed by atoms with Gasteiger partial charge in [0.2, 0.25) is 0 Å². The van der Waals surface area contributed by atoms with Crippen LogP contribution in [0.25, 0.3) is 0 Å². The first-order chi connectivity index (χ1) is 6.38. The molecular formula is C10H14N2O2. The Morgan fingerprint density at radius 2 is 1.86 bits per heavy atom. The van der Waals surface area contributed by atoms with Crippen LogP contribution in [0.1, 0.15) is 37.0 Å². The van der Waals surface area contributed by atoms with Crippen LogP contribution in [-0.4, -0.2) is 21.0 Å². The average Bonchev–Trinajstić information content (AvgIpc) is 2.02. The molecule has 4 heteroatoms. The SMILES string of the molecule is CC(C)(C)Cc1ncc(C(=O)O)cn1. The number of carbonyl (C=O) groups is 1. The van der Waals surface area contributed by atoms with Crippen LogP contribution in [0, 0.1) is 5.41 Å². The van der Waals surface area contributed by atoms with E-state index in [9.17, 15) is 4.79 Å². The zero-order valence-corrected chi connectivity index (χ0v) is 8.61. The number of aromatic carboxylic acids is 1. The summed E-state index contributed by atoms with van der Waals surface area (Å²) in [7, 11) is 0. The first-order valence-corrected chi connectivity index (χ1v) is 4.43. The number of rotatable bonds is 2. The molecule has 0 aliphatic carbocycles. The van der Waals surface area contributed by atoms with E-state index in [-0.39, 0.29) is 11.0 Å². The van der Waals surface area contributed by atoms with Crippen molar-refractivity contribution in [1.29, 1.82) is 0 Å². The van der Waals surface area contributed by atoms with Gasteiger partial charge in [0.15, 0.2) is 0 Å². The van der Waals surface area contributed by atoms with Gasteiger partial charge in [-0.3, -0.25) is 0 Å². The Balaban J connectivity index is 2.79. The fourth-order valence-electron chi connectivity index (χ4n) is 1.03. The lowest BCUT2D eigenvalue weighted by Gasteiger charge is -2.16. The molecule has 1 aromatic heterocycles. The van der Waals surface area contributed by atoms with Gasteiger partial charge >= 0.3 is 5.97 Å². The first-order valence-electron chi connectivity index (χ1n) is 4.43. The second-order valence-electron chi connectivity index (χ2n) is 4.43. The van der Waals surface area contributed by atoms with Crippen molar-refractivity contribution in [3.8, 4) is 0 Å². The number of hydrogen-bond acceptors (Lipinski definition) is 3. The molecule has 0 saturated heterocycles. The van der Waals surface area contributed by atoms with Crippen LogP contribution in [0.3, 0.4) is 0 Å². The van der Waals surface area contributed by atoms with Gasteiger partial charge in [0.25, 0.3) is 0 Å². The fraction of sp³-hybridized carbons (Fsp3) is 0.500. The van der Waals surface area contributed by atoms with Gasteiger partial charge < -0.3 is 5.11 Å². The number of carboxylic acid groups (broad SMARTS) is 1. The summed E-state index contributed by atoms with van der Waals surface area (Å²) < 4.78 is 0. The highest BCUT2D eigenvalue weighted by atomic mass is 16.4. The lowest BCUT2D eigenvalue weighted by Crippen LogP contribution is -2.12. The third kappa shape index (κ3) is 3.12. The molecule has 0 saturated carbocycles. The minimum atomic E-state index is -0.993. The van der Waals surface area contributed by atoms with E-state index in [0.717, 1.165) is 6.42 Å². The van der Waals surface area contributed by atoms with Gasteiger partial charge in [-0.15, -0.1) is 0 Å². The van der Waals surface area contributed by atoms with Crippen molar-refractivity contribution < 1.29 is 9.90 Å². The van der Waals surface area contributed by atoms with Crippen molar-refractivity contribution in [1.82, 2.24) is 9.97 Å². The Hall–Kier alpha value is -1.45. The van der Waals surface area contributed by atoms with Crippen LogP contribution in [0.15, 0.2) is 12.4 Å². The summed E-state index contributed by atoms with van der Waals surface area (Å²) in [5, 5.41) is 8.63. The van der Waals surface area contributed by atoms with Crippen LogP contribution in [-0.2, 0) is 6.42 Å². The van der Waals surface area contributed by atoms with Gasteiger partial charge in [0.05, 0.1) is 5.56 Å². The molecular weight excluding hydrogens is 180 g/mol. The molecule has 0 unspecified atom stereocenters. The minimum absolute atomic E-state index is 0.116. The largest absolute Gasteiger partial charge is 0.478 e. The molecule has 0 aromatic carbocycles. The van der Waals surface area contributed by atoms with E-state index in [1.807, 2.05) is 0 Å². The fourth-order valence-corrected chi connectivity index (χ4v) is 1.03. The van der Waals surface area contributed by atoms with Crippen molar-refractivity contribution in [2.75, 3.05) is 0 Å². The number of carboxylic acids is 1. The first kappa shape index (κ1) is 10.6. The molecule has 0 aliphatic rings. The van der Waals surface area contributed by atoms with Crippen LogP contribution in [0.2, 0.25) is 0 Å². The van der Waals surface area contributed by atoms with Crippen molar-refractivity contribution in [3.05, 3.63) is 23.8 Å². The summed E-state index contributed by atoms with van der Waals surface area (Å²) in [5.74, 6) is -0.310. The second kappa shape index (κ2) is 3.74. The number of aromatic nitrogens is 2. The van der Waals surface area contributed by atoms with Gasteiger partial charge in [-0.1, -0.05) is 20.8 Å². The highest BCUT2D eigenvalue weighted by Crippen LogP contribution is 2.17. The van der Waals surface area contributed by atoms with Crippen molar-refractivity contribution in [2.45, 2.75) is 27.2 Å². The monoisotopic (exact) mass is 194 g/mol. The van der Waals surface area contributed by atoms with Crippen molar-refractivity contribution in [3.63, 3.8) is 0 Å². The van der Waals surface area contributed by atoms with E-state index >= 15 is 0 Å². The van der Waals surface area contributed by atoms with E-state index in [1.54, 1.807) is 0 Å². The van der Waals surface area contributed by atoms with Crippen LogP contribution >= 0.6 is 0 Å². The molecule has 1 rings (SSSR count). The molecule has 14 heavy (non-hydrogen) atoms. The summed E-state index contributed by atoms with van der Waals surface area (Å²) in [5.41, 5.74) is 0.243. The van der Waals surface area contributed by atoms with Gasteiger partial charge in [-0.2, -0.15) is 0 Å². The van der Waals surface area contributed by atoms with E-state index in [1.165, 1.54) is 12.4 Å². The van der Waals surface area contributed by atoms with E-state index in [0.29, 0.717) is 5.82 Å². The Morgan fingerprint density at radius 3 is 2.21 bits per heavy atom. The van der Waals surface area contributed by atoms with E-state index in [2.05, 4.69) is 30.7 Å². The maximum atomic E-state index is 10.5. The Kier molecular flexibility index (Phi) is 2.84. The number of hydrogen-bond donors (Lipinski definition) is 1. The van der Waals surface area contributed by atoms with E-state index in [4.69, 9.17) is 5.11 Å². The normalized spacial score (nSPS) is 11.4. The molecule has 0 spiro atoms. The van der Waals surface area contributed by atoms with Gasteiger partial charge in [-0.05, 0) is 5.41 Å². The Morgan fingerprint density at radius 1 is 1.36 bits per heavy atom. The Labute approximate surface area is 83.0 Å². The predicted octanol–water partition coefficient (Wildman–Crippen LogP) is 1.76. The molecule has 0 amide bonds. The number of nitrogens with zero attached hydrogens (tertiary/aromatic N) is 2. The van der Waals surface area contributed by atoms with Crippen LogP contribution in [0.5, 0.6) is 0 Å². The molecule has 0 bridgehead atoms. The lowest BCUT2D eigenvalue weighted by atomic mass is 9.92. The standard InChI is InChI=1S/C10H14N2O2/c1-10(2,3)4-8-11-5-7(6-12-8)9(13)14/h5-6H,4H2,1-3H3,(H,13,14). The second-order valence-corrected chi connectivity index (χ2v) is 4.43. The molecule has 1 N–H and O–H groups in total. The van der Waals surface area contributed by atoms with Gasteiger partial charge in [0.1, 0.15) is 5.82 Å². The minimum Gasteiger partial charge on any atom is -0.478 e. The van der Waals surface area contributed by atoms with Crippen LogP contribution in [0.4, 0.5) is 0 Å². The summed E-state index contributed by atoms with van der Waals surface area (Å²) in [6.45, 7) is 6.25. The molecule has 1 aromatic rings. The quantitative estimate of drug-likeness (QED) is 0.779. The zero-order chi connectivity index (χ0) is 10.8. The summed E-state index contributed by atoms with van der Waals surface area (Å²) in [6, 6.07) is 0. The van der Waals surface area contributed by atoms with Gasteiger partial charge in [-0.25, -0.2) is 14.8 Å². The average molecular weight is 194 g/mol. The van der Waals surface area contributed by atoms with Gasteiger partial charge in [0, 0.05) is 18.8 Å². The topological polar surface area (TPSA) is 63.1 Å². The molecule has 4 nitrogen and oxygen atoms in total. The third-order valence-electron chi connectivity index (χ3n) is 1.64. The predicted molar refractivity (Wildman–Crippen MR) is 52.2 cm³/mol. The Bertz CT molecular complexity index is 325. The third-order valence-corrected chi connectivity index (χ3v) is 1.64. The molecule has 76 valence electrons. The summed E-state index contributed by atoms with van der Waals surface area (Å²) >= 11 is 0. The molecule has 1 heterocycles. The molecule has 0 radical (unpaired) electrons. The van der Waals surface area contributed by atoms with Crippen molar-refractivity contribution >= 4 is 5.97 Å². The molecule has 0 aliphatic heterocycles. The van der Waals surface area contributed by atoms with Crippen LogP contribution < -0.4 is 0 Å². The molecule has 0 fully saturated rings.